The normalized spacial score (nSPS) is 14.6. The number of alkyl halides is 9. The highest BCUT2D eigenvalue weighted by molar-refractivity contribution is 5.70. The number of hydrogen-bond donors (Lipinski definition) is 2. The standard InChI is InChI=1S/C17H18F9NO5/c1-2-8(4-10(7-27)14(28)29)3-9-5-11(30-15(18,19)20)6-12(31-16(21,22)23)13(9)32-17(24,25)26/h5-6,8,10H,2-4,7,27H2,1H3,(H,28,29). The molecular formula is C17H18F9NO5. The molecule has 32 heavy (non-hydrogen) atoms. The van der Waals surface area contributed by atoms with E-state index in [0.29, 0.717) is 6.07 Å². The lowest BCUT2D eigenvalue weighted by Gasteiger charge is -2.23. The smallest absolute Gasteiger partial charge is 0.481 e. The molecule has 2 atom stereocenters. The average Bonchev–Trinajstić information content (AvgIpc) is 2.57. The molecule has 0 radical (unpaired) electrons. The molecule has 2 unspecified atom stereocenters. The van der Waals surface area contributed by atoms with Gasteiger partial charge in [0.05, 0.1) is 5.92 Å². The van der Waals surface area contributed by atoms with E-state index in [1.165, 1.54) is 6.92 Å². The molecule has 0 heterocycles. The fraction of sp³-hybridized carbons (Fsp3) is 0.588. The number of aliphatic carboxylic acids is 1. The van der Waals surface area contributed by atoms with E-state index in [1.807, 2.05) is 0 Å². The summed E-state index contributed by atoms with van der Waals surface area (Å²) in [6, 6.07) is 0.366. The average molecular weight is 487 g/mol. The fourth-order valence-electron chi connectivity index (χ4n) is 2.81. The highest BCUT2D eigenvalue weighted by atomic mass is 19.4. The number of carboxylic acids is 1. The topological polar surface area (TPSA) is 91.0 Å². The van der Waals surface area contributed by atoms with Crippen molar-refractivity contribution in [2.45, 2.75) is 45.3 Å². The Kier molecular flexibility index (Phi) is 8.89. The van der Waals surface area contributed by atoms with Crippen LogP contribution in [0.25, 0.3) is 0 Å². The van der Waals surface area contributed by atoms with Crippen molar-refractivity contribution < 1.29 is 63.6 Å². The number of nitrogens with two attached hydrogens (primary N) is 1. The van der Waals surface area contributed by atoms with Gasteiger partial charge >= 0.3 is 25.1 Å². The molecule has 0 saturated carbocycles. The maximum absolute atomic E-state index is 12.8. The Morgan fingerprint density at radius 2 is 1.50 bits per heavy atom. The maximum Gasteiger partial charge on any atom is 0.573 e. The molecule has 0 aliphatic heterocycles. The maximum atomic E-state index is 12.8. The van der Waals surface area contributed by atoms with Crippen LogP contribution in [0.5, 0.6) is 17.2 Å². The number of rotatable bonds is 10. The van der Waals surface area contributed by atoms with E-state index in [9.17, 15) is 44.3 Å². The number of benzene rings is 1. The second-order valence-corrected chi connectivity index (χ2v) is 6.54. The van der Waals surface area contributed by atoms with Crippen molar-refractivity contribution in [3.8, 4) is 17.2 Å². The predicted molar refractivity (Wildman–Crippen MR) is 88.8 cm³/mol. The zero-order valence-corrected chi connectivity index (χ0v) is 16.2. The lowest BCUT2D eigenvalue weighted by Crippen LogP contribution is -2.27. The van der Waals surface area contributed by atoms with Gasteiger partial charge in [0.2, 0.25) is 0 Å². The second kappa shape index (κ2) is 10.4. The first kappa shape index (κ1) is 27.5. The van der Waals surface area contributed by atoms with Crippen molar-refractivity contribution in [3.63, 3.8) is 0 Å². The summed E-state index contributed by atoms with van der Waals surface area (Å²) in [6.45, 7) is 1.14. The molecule has 0 amide bonds. The van der Waals surface area contributed by atoms with Gasteiger partial charge in [-0.3, -0.25) is 4.79 Å². The summed E-state index contributed by atoms with van der Waals surface area (Å²) < 4.78 is 125. The Labute approximate surface area is 175 Å². The minimum absolute atomic E-state index is 0.0492. The Morgan fingerprint density at radius 1 is 0.969 bits per heavy atom. The van der Waals surface area contributed by atoms with E-state index in [1.54, 1.807) is 0 Å². The van der Waals surface area contributed by atoms with E-state index >= 15 is 0 Å². The van der Waals surface area contributed by atoms with Crippen molar-refractivity contribution in [3.05, 3.63) is 17.7 Å². The molecule has 6 nitrogen and oxygen atoms in total. The van der Waals surface area contributed by atoms with Crippen molar-refractivity contribution >= 4 is 5.97 Å². The third-order valence-corrected chi connectivity index (χ3v) is 4.12. The summed E-state index contributed by atoms with van der Waals surface area (Å²) in [5.74, 6) is -7.79. The number of halogens is 9. The van der Waals surface area contributed by atoms with Gasteiger partial charge in [0.15, 0.2) is 11.5 Å². The van der Waals surface area contributed by atoms with Crippen molar-refractivity contribution in [2.75, 3.05) is 6.54 Å². The first-order valence-corrected chi connectivity index (χ1v) is 8.81. The summed E-state index contributed by atoms with van der Waals surface area (Å²) in [5.41, 5.74) is 4.56. The highest BCUT2D eigenvalue weighted by Gasteiger charge is 2.39. The number of hydrogen-bond acceptors (Lipinski definition) is 5. The molecule has 0 spiro atoms. The number of ether oxygens (including phenoxy) is 3. The third kappa shape index (κ3) is 9.70. The van der Waals surface area contributed by atoms with Gasteiger partial charge in [-0.1, -0.05) is 13.3 Å². The number of carbonyl (C=O) groups is 1. The largest absolute Gasteiger partial charge is 0.573 e. The zero-order valence-electron chi connectivity index (χ0n) is 16.2. The van der Waals surface area contributed by atoms with Gasteiger partial charge in [0.1, 0.15) is 5.75 Å². The minimum atomic E-state index is -5.57. The van der Waals surface area contributed by atoms with Gasteiger partial charge < -0.3 is 25.1 Å². The van der Waals surface area contributed by atoms with Gasteiger partial charge in [-0.15, -0.1) is 39.5 Å². The quantitative estimate of drug-likeness (QED) is 0.452. The van der Waals surface area contributed by atoms with Crippen LogP contribution < -0.4 is 19.9 Å². The number of carboxylic acid groups (broad SMARTS) is 1. The molecule has 1 rings (SSSR count). The Hall–Kier alpha value is -2.58. The van der Waals surface area contributed by atoms with Crippen molar-refractivity contribution in [1.82, 2.24) is 0 Å². The van der Waals surface area contributed by atoms with Gasteiger partial charge in [0.25, 0.3) is 0 Å². The lowest BCUT2D eigenvalue weighted by atomic mass is 9.87. The molecule has 0 aliphatic carbocycles. The molecule has 0 bridgehead atoms. The lowest BCUT2D eigenvalue weighted by molar-refractivity contribution is -0.288. The molecule has 0 aromatic heterocycles. The molecule has 0 saturated heterocycles. The molecule has 0 fully saturated rings. The summed E-state index contributed by atoms with van der Waals surface area (Å²) >= 11 is 0. The molecule has 1 aromatic carbocycles. The fourth-order valence-corrected chi connectivity index (χ4v) is 2.81. The summed E-state index contributed by atoms with van der Waals surface area (Å²) in [7, 11) is 0. The summed E-state index contributed by atoms with van der Waals surface area (Å²) in [6.07, 6.45) is -17.2. The molecule has 184 valence electrons. The van der Waals surface area contributed by atoms with Crippen LogP contribution in [-0.4, -0.2) is 36.7 Å². The third-order valence-electron chi connectivity index (χ3n) is 4.12. The summed E-state index contributed by atoms with van der Waals surface area (Å²) in [5, 5.41) is 9.09. The molecule has 1 aromatic rings. The van der Waals surface area contributed by atoms with Crippen molar-refractivity contribution in [2.24, 2.45) is 17.6 Å². The van der Waals surface area contributed by atoms with Crippen LogP contribution in [0.15, 0.2) is 12.1 Å². The predicted octanol–water partition coefficient (Wildman–Crippen LogP) is 5.00. The van der Waals surface area contributed by atoms with Crippen LogP contribution in [0.4, 0.5) is 39.5 Å². The first-order valence-electron chi connectivity index (χ1n) is 8.81. The van der Waals surface area contributed by atoms with Gasteiger partial charge in [-0.2, -0.15) is 0 Å². The van der Waals surface area contributed by atoms with Crippen LogP contribution in [0.2, 0.25) is 0 Å². The first-order chi connectivity index (χ1) is 14.4. The van der Waals surface area contributed by atoms with Crippen LogP contribution in [-0.2, 0) is 11.2 Å². The van der Waals surface area contributed by atoms with Gasteiger partial charge in [-0.05, 0) is 24.8 Å². The van der Waals surface area contributed by atoms with E-state index in [0.717, 1.165) is 0 Å². The molecular weight excluding hydrogens is 469 g/mol. The van der Waals surface area contributed by atoms with Crippen LogP contribution in [0.1, 0.15) is 25.3 Å². The van der Waals surface area contributed by atoms with E-state index in [-0.39, 0.29) is 25.5 Å². The monoisotopic (exact) mass is 487 g/mol. The zero-order chi connectivity index (χ0) is 24.9. The Morgan fingerprint density at radius 3 is 1.91 bits per heavy atom. The van der Waals surface area contributed by atoms with Crippen LogP contribution >= 0.6 is 0 Å². The molecule has 3 N–H and O–H groups in total. The molecule has 15 heteroatoms. The van der Waals surface area contributed by atoms with E-state index < -0.39 is 66.1 Å². The Balaban J connectivity index is 3.55. The van der Waals surface area contributed by atoms with E-state index in [2.05, 4.69) is 14.2 Å². The second-order valence-electron chi connectivity index (χ2n) is 6.54. The van der Waals surface area contributed by atoms with E-state index in [4.69, 9.17) is 10.8 Å². The Bertz CT molecular complexity index is 777. The van der Waals surface area contributed by atoms with Gasteiger partial charge in [-0.25, -0.2) is 0 Å². The van der Waals surface area contributed by atoms with Gasteiger partial charge in [0, 0.05) is 18.2 Å². The van der Waals surface area contributed by atoms with Crippen LogP contribution in [0, 0.1) is 11.8 Å². The SMILES string of the molecule is CCC(Cc1cc(OC(F)(F)F)cc(OC(F)(F)F)c1OC(F)(F)F)CC(CN)C(=O)O. The molecule has 0 aliphatic rings. The summed E-state index contributed by atoms with van der Waals surface area (Å²) in [4.78, 5) is 11.2. The highest BCUT2D eigenvalue weighted by Crippen LogP contribution is 2.44. The van der Waals surface area contributed by atoms with Crippen LogP contribution in [0.3, 0.4) is 0 Å². The minimum Gasteiger partial charge on any atom is -0.481 e. The van der Waals surface area contributed by atoms with Crippen molar-refractivity contribution in [1.29, 1.82) is 0 Å².